The van der Waals surface area contributed by atoms with Gasteiger partial charge < -0.3 is 10.1 Å². The van der Waals surface area contributed by atoms with E-state index in [1.54, 1.807) is 18.3 Å². The normalized spacial score (nSPS) is 15.4. The fourth-order valence-electron chi connectivity index (χ4n) is 2.99. The highest BCUT2D eigenvalue weighted by atomic mass is 79.9. The van der Waals surface area contributed by atoms with Crippen LogP contribution in [0.4, 0.5) is 5.00 Å². The number of carbonyl (C=O) groups is 2. The molecule has 2 aromatic rings. The predicted octanol–water partition coefficient (Wildman–Crippen LogP) is 4.46. The van der Waals surface area contributed by atoms with Crippen molar-refractivity contribution in [2.45, 2.75) is 33.1 Å². The number of nitrogens with zero attached hydrogens (tertiary/aromatic N) is 1. The van der Waals surface area contributed by atoms with Crippen LogP contribution in [-0.4, -0.2) is 24.0 Å². The number of carbonyl (C=O) groups excluding carboxylic acids is 2. The summed E-state index contributed by atoms with van der Waals surface area (Å²) in [6.07, 6.45) is 4.28. The molecular formula is C18H19BrN2O3S. The topological polar surface area (TPSA) is 68.3 Å². The van der Waals surface area contributed by atoms with Crippen LogP contribution in [0.25, 0.3) is 0 Å². The lowest BCUT2D eigenvalue weighted by molar-refractivity contribution is 0.0600. The van der Waals surface area contributed by atoms with Crippen LogP contribution in [0.1, 0.15) is 51.6 Å². The Morgan fingerprint density at radius 2 is 2.12 bits per heavy atom. The number of anilines is 1. The minimum Gasteiger partial charge on any atom is -0.465 e. The van der Waals surface area contributed by atoms with E-state index in [0.717, 1.165) is 34.2 Å². The fourth-order valence-corrected chi connectivity index (χ4v) is 4.71. The van der Waals surface area contributed by atoms with E-state index >= 15 is 0 Å². The highest BCUT2D eigenvalue weighted by Crippen LogP contribution is 2.44. The van der Waals surface area contributed by atoms with Gasteiger partial charge in [0.1, 0.15) is 10.7 Å². The SMILES string of the molecule is COC(=O)c1c(NC(=O)c2ccc(Br)cn2)sc2c1CCC(C)(C)C2. The lowest BCUT2D eigenvalue weighted by Gasteiger charge is -2.29. The molecule has 1 aliphatic rings. The summed E-state index contributed by atoms with van der Waals surface area (Å²) in [5.41, 5.74) is 1.99. The van der Waals surface area contributed by atoms with E-state index in [2.05, 4.69) is 40.1 Å². The van der Waals surface area contributed by atoms with Gasteiger partial charge in [-0.3, -0.25) is 4.79 Å². The van der Waals surface area contributed by atoms with Crippen LogP contribution >= 0.6 is 27.3 Å². The van der Waals surface area contributed by atoms with Gasteiger partial charge >= 0.3 is 5.97 Å². The molecule has 0 aliphatic heterocycles. The van der Waals surface area contributed by atoms with Gasteiger partial charge in [-0.2, -0.15) is 0 Å². The Morgan fingerprint density at radius 3 is 2.76 bits per heavy atom. The molecule has 0 radical (unpaired) electrons. The molecular weight excluding hydrogens is 404 g/mol. The van der Waals surface area contributed by atoms with Crippen molar-refractivity contribution in [1.29, 1.82) is 0 Å². The Bertz CT molecular complexity index is 828. The average molecular weight is 423 g/mol. The highest BCUT2D eigenvalue weighted by Gasteiger charge is 2.33. The van der Waals surface area contributed by atoms with Crippen molar-refractivity contribution in [3.63, 3.8) is 0 Å². The van der Waals surface area contributed by atoms with Gasteiger partial charge in [0.2, 0.25) is 0 Å². The Kier molecular flexibility index (Phi) is 4.97. The van der Waals surface area contributed by atoms with Crippen molar-refractivity contribution in [3.8, 4) is 0 Å². The lowest BCUT2D eigenvalue weighted by Crippen LogP contribution is -2.22. The van der Waals surface area contributed by atoms with Crippen LogP contribution in [-0.2, 0) is 17.6 Å². The summed E-state index contributed by atoms with van der Waals surface area (Å²) >= 11 is 4.76. The van der Waals surface area contributed by atoms with Gasteiger partial charge in [-0.25, -0.2) is 9.78 Å². The third-order valence-electron chi connectivity index (χ3n) is 4.36. The first-order valence-corrected chi connectivity index (χ1v) is 9.57. The van der Waals surface area contributed by atoms with E-state index in [-0.39, 0.29) is 11.3 Å². The number of amides is 1. The van der Waals surface area contributed by atoms with E-state index in [0.29, 0.717) is 16.3 Å². The standard InChI is InChI=1S/C18H19BrN2O3S/c1-18(2)7-6-11-13(8-18)25-16(14(11)17(23)24-3)21-15(22)12-5-4-10(19)9-20-12/h4-5,9H,6-8H2,1-3H3,(H,21,22). The van der Waals surface area contributed by atoms with Crippen molar-refractivity contribution in [2.24, 2.45) is 5.41 Å². The molecule has 2 heterocycles. The smallest absolute Gasteiger partial charge is 0.341 e. The second-order valence-corrected chi connectivity index (χ2v) is 8.88. The molecule has 2 aromatic heterocycles. The minimum absolute atomic E-state index is 0.194. The van der Waals surface area contributed by atoms with Crippen molar-refractivity contribution in [3.05, 3.63) is 44.5 Å². The van der Waals surface area contributed by atoms with Crippen LogP contribution in [0.5, 0.6) is 0 Å². The summed E-state index contributed by atoms with van der Waals surface area (Å²) in [6, 6.07) is 3.39. The molecule has 0 atom stereocenters. The third kappa shape index (κ3) is 3.77. The number of fused-ring (bicyclic) bond motifs is 1. The highest BCUT2D eigenvalue weighted by molar-refractivity contribution is 9.10. The maximum atomic E-state index is 12.5. The van der Waals surface area contributed by atoms with Gasteiger partial charge in [-0.1, -0.05) is 13.8 Å². The second kappa shape index (κ2) is 6.88. The summed E-state index contributed by atoms with van der Waals surface area (Å²) in [4.78, 5) is 30.0. The number of halogens is 1. The Hall–Kier alpha value is -1.73. The van der Waals surface area contributed by atoms with Crippen LogP contribution in [0, 0.1) is 5.41 Å². The van der Waals surface area contributed by atoms with Crippen molar-refractivity contribution in [1.82, 2.24) is 4.98 Å². The molecule has 0 aromatic carbocycles. The van der Waals surface area contributed by atoms with Gasteiger partial charge in [-0.05, 0) is 58.3 Å². The maximum absolute atomic E-state index is 12.5. The summed E-state index contributed by atoms with van der Waals surface area (Å²) in [7, 11) is 1.36. The predicted molar refractivity (Wildman–Crippen MR) is 101 cm³/mol. The van der Waals surface area contributed by atoms with Gasteiger partial charge in [0, 0.05) is 15.5 Å². The Labute approximate surface area is 158 Å². The van der Waals surface area contributed by atoms with E-state index in [1.807, 2.05) is 0 Å². The van der Waals surface area contributed by atoms with Gasteiger partial charge in [0.15, 0.2) is 0 Å². The average Bonchev–Trinajstić information content (AvgIpc) is 2.90. The van der Waals surface area contributed by atoms with Gasteiger partial charge in [-0.15, -0.1) is 11.3 Å². The molecule has 5 nitrogen and oxygen atoms in total. The number of nitrogens with one attached hydrogen (secondary N) is 1. The van der Waals surface area contributed by atoms with Crippen molar-refractivity contribution in [2.75, 3.05) is 12.4 Å². The fraction of sp³-hybridized carbons (Fsp3) is 0.389. The van der Waals surface area contributed by atoms with E-state index in [4.69, 9.17) is 4.74 Å². The van der Waals surface area contributed by atoms with Gasteiger partial charge in [0.25, 0.3) is 5.91 Å². The zero-order valence-corrected chi connectivity index (χ0v) is 16.7. The number of pyridine rings is 1. The molecule has 1 amide bonds. The Balaban J connectivity index is 1.95. The number of methoxy groups -OCH3 is 1. The molecule has 0 saturated heterocycles. The summed E-state index contributed by atoms with van der Waals surface area (Å²) in [6.45, 7) is 4.44. The van der Waals surface area contributed by atoms with Gasteiger partial charge in [0.05, 0.1) is 12.7 Å². The summed E-state index contributed by atoms with van der Waals surface area (Å²) in [5.74, 6) is -0.744. The van der Waals surface area contributed by atoms with Crippen LogP contribution < -0.4 is 5.32 Å². The summed E-state index contributed by atoms with van der Waals surface area (Å²) < 4.78 is 5.75. The van der Waals surface area contributed by atoms with Crippen LogP contribution in [0.2, 0.25) is 0 Å². The molecule has 1 aliphatic carbocycles. The van der Waals surface area contributed by atoms with Crippen molar-refractivity contribution < 1.29 is 14.3 Å². The number of hydrogen-bond acceptors (Lipinski definition) is 5. The molecule has 0 fully saturated rings. The minimum atomic E-state index is -0.406. The lowest BCUT2D eigenvalue weighted by atomic mass is 9.77. The molecule has 1 N–H and O–H groups in total. The number of esters is 1. The van der Waals surface area contributed by atoms with E-state index < -0.39 is 5.97 Å². The molecule has 0 spiro atoms. The molecule has 25 heavy (non-hydrogen) atoms. The van der Waals surface area contributed by atoms with Crippen LogP contribution in [0.3, 0.4) is 0 Å². The molecule has 3 rings (SSSR count). The number of ether oxygens (including phenoxy) is 1. The number of hydrogen-bond donors (Lipinski definition) is 1. The van der Waals surface area contributed by atoms with Crippen LogP contribution in [0.15, 0.2) is 22.8 Å². The monoisotopic (exact) mass is 422 g/mol. The first kappa shape index (κ1) is 18.1. The van der Waals surface area contributed by atoms with Crippen molar-refractivity contribution >= 4 is 44.1 Å². The molecule has 0 unspecified atom stereocenters. The largest absolute Gasteiger partial charge is 0.465 e. The first-order chi connectivity index (χ1) is 11.8. The quantitative estimate of drug-likeness (QED) is 0.741. The molecule has 0 saturated carbocycles. The molecule has 0 bridgehead atoms. The zero-order valence-electron chi connectivity index (χ0n) is 14.3. The second-order valence-electron chi connectivity index (χ2n) is 6.86. The summed E-state index contributed by atoms with van der Waals surface area (Å²) in [5, 5.41) is 3.39. The number of thiophene rings is 1. The van der Waals surface area contributed by atoms with E-state index in [1.165, 1.54) is 18.4 Å². The number of rotatable bonds is 3. The molecule has 7 heteroatoms. The molecule has 132 valence electrons. The Morgan fingerprint density at radius 1 is 1.36 bits per heavy atom. The first-order valence-electron chi connectivity index (χ1n) is 7.96. The zero-order chi connectivity index (χ0) is 18.2. The number of aromatic nitrogens is 1. The maximum Gasteiger partial charge on any atom is 0.341 e. The van der Waals surface area contributed by atoms with E-state index in [9.17, 15) is 9.59 Å². The third-order valence-corrected chi connectivity index (χ3v) is 5.97.